The maximum Gasteiger partial charge on any atom is 0.197 e. The number of hydrogen-bond acceptors (Lipinski definition) is 4. The summed E-state index contributed by atoms with van der Waals surface area (Å²) in [4.78, 5) is 25.8. The molecule has 2 heterocycles. The number of allylic oxidation sites excluding steroid dienone is 1. The summed E-state index contributed by atoms with van der Waals surface area (Å²) in [6.45, 7) is 1.95. The third kappa shape index (κ3) is 3.00. The molecule has 2 aromatic carbocycles. The summed E-state index contributed by atoms with van der Waals surface area (Å²) in [6, 6.07) is 16.4. The number of halogens is 1. The minimum Gasteiger partial charge on any atom is -0.455 e. The predicted octanol–water partition coefficient (Wildman–Crippen LogP) is 5.99. The fraction of sp³-hybridized carbons (Fsp3) is 0.115. The molecule has 5 nitrogen and oxygen atoms in total. The molecule has 0 atom stereocenters. The quantitative estimate of drug-likeness (QED) is 0.289. The highest BCUT2D eigenvalue weighted by atomic mass is 35.5. The first kappa shape index (κ1) is 20.0. The first-order chi connectivity index (χ1) is 15.4. The summed E-state index contributed by atoms with van der Waals surface area (Å²) in [5.74, 6) is -0.216. The van der Waals surface area contributed by atoms with Crippen molar-refractivity contribution in [1.29, 1.82) is 5.26 Å². The summed E-state index contributed by atoms with van der Waals surface area (Å²) in [7, 11) is 1.91. The Balaban J connectivity index is 1.52. The number of rotatable bonds is 3. The van der Waals surface area contributed by atoms with Crippen molar-refractivity contribution in [3.05, 3.63) is 87.1 Å². The number of carbonyl (C=O) groups excluding carboxylic acids is 2. The van der Waals surface area contributed by atoms with Crippen LogP contribution in [0.5, 0.6) is 0 Å². The first-order valence-electron chi connectivity index (χ1n) is 10.1. The van der Waals surface area contributed by atoms with Gasteiger partial charge in [-0.15, -0.1) is 0 Å². The zero-order valence-corrected chi connectivity index (χ0v) is 18.2. The molecule has 0 bridgehead atoms. The summed E-state index contributed by atoms with van der Waals surface area (Å²) in [5.41, 5.74) is 5.61. The maximum absolute atomic E-state index is 12.9. The summed E-state index contributed by atoms with van der Waals surface area (Å²) >= 11 is 6.25. The van der Waals surface area contributed by atoms with Gasteiger partial charge in [0.05, 0.1) is 28.4 Å². The fourth-order valence-corrected chi connectivity index (χ4v) is 4.42. The number of furan rings is 1. The Morgan fingerprint density at radius 2 is 1.75 bits per heavy atom. The lowest BCUT2D eigenvalue weighted by molar-refractivity contribution is 0.0990. The second-order valence-corrected chi connectivity index (χ2v) is 8.14. The van der Waals surface area contributed by atoms with Gasteiger partial charge in [0, 0.05) is 35.3 Å². The van der Waals surface area contributed by atoms with E-state index in [1.165, 1.54) is 6.08 Å². The van der Waals surface area contributed by atoms with Crippen molar-refractivity contribution in [1.82, 2.24) is 4.57 Å². The van der Waals surface area contributed by atoms with Crippen molar-refractivity contribution in [2.45, 2.75) is 13.3 Å². The molecule has 4 aromatic rings. The van der Waals surface area contributed by atoms with E-state index < -0.39 is 0 Å². The molecular formula is C26H17ClN2O3. The van der Waals surface area contributed by atoms with Crippen LogP contribution in [0, 0.1) is 11.3 Å². The number of aromatic nitrogens is 1. The van der Waals surface area contributed by atoms with E-state index in [4.69, 9.17) is 21.3 Å². The number of nitriles is 1. The van der Waals surface area contributed by atoms with Crippen LogP contribution in [0.4, 0.5) is 0 Å². The molecule has 1 aliphatic carbocycles. The zero-order valence-electron chi connectivity index (χ0n) is 17.4. The molecule has 32 heavy (non-hydrogen) atoms. The molecule has 0 unspecified atom stereocenters. The van der Waals surface area contributed by atoms with Gasteiger partial charge in [-0.3, -0.25) is 9.59 Å². The molecule has 1 aliphatic rings. The average molecular weight is 441 g/mol. The Kier molecular flexibility index (Phi) is 4.61. The Bertz CT molecular complexity index is 1510. The number of nitrogens with zero attached hydrogens (tertiary/aromatic N) is 2. The highest BCUT2D eigenvalue weighted by Gasteiger charge is 2.34. The van der Waals surface area contributed by atoms with Crippen molar-refractivity contribution in [3.8, 4) is 17.3 Å². The second-order valence-electron chi connectivity index (χ2n) is 7.74. The second kappa shape index (κ2) is 7.37. The van der Waals surface area contributed by atoms with E-state index in [0.29, 0.717) is 39.5 Å². The van der Waals surface area contributed by atoms with Crippen LogP contribution >= 0.6 is 11.6 Å². The third-order valence-electron chi connectivity index (χ3n) is 5.89. The van der Waals surface area contributed by atoms with Crippen molar-refractivity contribution in [3.63, 3.8) is 0 Å². The van der Waals surface area contributed by atoms with Crippen LogP contribution in [0.25, 0.3) is 28.4 Å². The number of aryl methyl sites for hydroxylation is 2. The number of fused-ring (bicyclic) bond motifs is 2. The molecule has 0 amide bonds. The van der Waals surface area contributed by atoms with E-state index >= 15 is 0 Å². The van der Waals surface area contributed by atoms with Gasteiger partial charge < -0.3 is 8.98 Å². The minimum absolute atomic E-state index is 0.0793. The lowest BCUT2D eigenvalue weighted by Gasteiger charge is -2.03. The summed E-state index contributed by atoms with van der Waals surface area (Å²) < 4.78 is 7.92. The number of Topliss-reactive ketones (excluding diaryl/α,β-unsaturated/α-hetero) is 2. The Morgan fingerprint density at radius 3 is 2.38 bits per heavy atom. The lowest BCUT2D eigenvalue weighted by Crippen LogP contribution is -1.99. The Morgan fingerprint density at radius 1 is 1.06 bits per heavy atom. The van der Waals surface area contributed by atoms with Crippen LogP contribution < -0.4 is 0 Å². The number of carbonyl (C=O) groups is 2. The molecule has 0 spiro atoms. The van der Waals surface area contributed by atoms with E-state index in [9.17, 15) is 9.59 Å². The molecule has 0 saturated carbocycles. The number of benzene rings is 2. The summed E-state index contributed by atoms with van der Waals surface area (Å²) in [6.07, 6.45) is 2.18. The fourth-order valence-electron chi connectivity index (χ4n) is 4.13. The molecule has 5 rings (SSSR count). The van der Waals surface area contributed by atoms with Crippen molar-refractivity contribution in [2.24, 2.45) is 7.05 Å². The van der Waals surface area contributed by atoms with Crippen LogP contribution in [0.15, 0.2) is 58.5 Å². The van der Waals surface area contributed by atoms with E-state index in [1.807, 2.05) is 42.8 Å². The van der Waals surface area contributed by atoms with Gasteiger partial charge in [0.1, 0.15) is 5.76 Å². The molecule has 156 valence electrons. The zero-order chi connectivity index (χ0) is 22.6. The molecular weight excluding hydrogens is 424 g/mol. The largest absolute Gasteiger partial charge is 0.455 e. The van der Waals surface area contributed by atoms with Gasteiger partial charge >= 0.3 is 0 Å². The Hall–Kier alpha value is -3.88. The van der Waals surface area contributed by atoms with E-state index in [-0.39, 0.29) is 17.1 Å². The monoisotopic (exact) mass is 440 g/mol. The smallest absolute Gasteiger partial charge is 0.197 e. The van der Waals surface area contributed by atoms with Crippen molar-refractivity contribution < 1.29 is 14.0 Å². The lowest BCUT2D eigenvalue weighted by atomic mass is 10.0. The van der Waals surface area contributed by atoms with Crippen LogP contribution in [-0.2, 0) is 13.5 Å². The maximum atomic E-state index is 12.9. The first-order valence-corrected chi connectivity index (χ1v) is 10.5. The van der Waals surface area contributed by atoms with Gasteiger partial charge in [-0.05, 0) is 47.9 Å². The van der Waals surface area contributed by atoms with Gasteiger partial charge in [0.15, 0.2) is 17.1 Å². The van der Waals surface area contributed by atoms with Crippen molar-refractivity contribution >= 4 is 40.3 Å². The third-order valence-corrected chi connectivity index (χ3v) is 6.24. The molecule has 2 aromatic heterocycles. The average Bonchev–Trinajstić information content (AvgIpc) is 3.41. The van der Waals surface area contributed by atoms with Gasteiger partial charge in [0.2, 0.25) is 0 Å². The molecule has 0 radical (unpaired) electrons. The van der Waals surface area contributed by atoms with Crippen LogP contribution in [0.2, 0.25) is 5.02 Å². The highest BCUT2D eigenvalue weighted by molar-refractivity contribution is 6.42. The SMILES string of the molecule is CCc1cc2c(cc1Cl)C(=O)/C(=C/c1cc3c(cc(-c4ccc(C#N)cc4)n3C)o1)C2=O. The molecule has 0 N–H and O–H groups in total. The topological polar surface area (TPSA) is 76.0 Å². The minimum atomic E-state index is -0.340. The van der Waals surface area contributed by atoms with Gasteiger partial charge in [-0.25, -0.2) is 0 Å². The molecule has 0 aliphatic heterocycles. The normalized spacial score (nSPS) is 14.4. The van der Waals surface area contributed by atoms with E-state index in [1.54, 1.807) is 24.3 Å². The molecule has 6 heteroatoms. The van der Waals surface area contributed by atoms with Gasteiger partial charge in [0.25, 0.3) is 0 Å². The predicted molar refractivity (Wildman–Crippen MR) is 123 cm³/mol. The van der Waals surface area contributed by atoms with E-state index in [0.717, 1.165) is 22.3 Å². The standard InChI is InChI=1S/C26H17ClN2O3/c1-3-15-8-18-19(11-21(15)27)26(31)20(25(18)30)9-17-10-23-24(32-17)12-22(29(23)2)16-6-4-14(13-28)5-7-16/h4-12H,3H2,1-2H3/b20-9+. The van der Waals surface area contributed by atoms with E-state index in [2.05, 4.69) is 6.07 Å². The van der Waals surface area contributed by atoms with Crippen molar-refractivity contribution in [2.75, 3.05) is 0 Å². The Labute approximate surface area is 189 Å². The number of ketones is 2. The van der Waals surface area contributed by atoms with Crippen LogP contribution in [0.3, 0.4) is 0 Å². The van der Waals surface area contributed by atoms with Gasteiger partial charge in [-0.2, -0.15) is 5.26 Å². The van der Waals surface area contributed by atoms with Crippen LogP contribution in [-0.4, -0.2) is 16.1 Å². The summed E-state index contributed by atoms with van der Waals surface area (Å²) in [5, 5.41) is 9.48. The number of hydrogen-bond donors (Lipinski definition) is 0. The van der Waals surface area contributed by atoms with Gasteiger partial charge in [-0.1, -0.05) is 30.7 Å². The molecule has 0 saturated heterocycles. The molecule has 0 fully saturated rings. The highest BCUT2D eigenvalue weighted by Crippen LogP contribution is 2.34. The van der Waals surface area contributed by atoms with Crippen LogP contribution in [0.1, 0.15) is 44.5 Å².